The number of anilines is 1. The molecular weight excluding hydrogens is 414 g/mol. The number of hydrogen-bond acceptors (Lipinski definition) is 5. The number of pyridine rings is 2. The molecule has 2 N–H and O–H groups in total. The maximum absolute atomic E-state index is 10.9. The summed E-state index contributed by atoms with van der Waals surface area (Å²) in [6.45, 7) is 3.83. The molecule has 0 aliphatic carbocycles. The zero-order chi connectivity index (χ0) is 22.8. The molecular formula is C26H27N5O2. The minimum absolute atomic E-state index is 0.260. The molecule has 0 bridgehead atoms. The van der Waals surface area contributed by atoms with Crippen LogP contribution in [0.5, 0.6) is 0 Å². The number of aryl methyl sites for hydroxylation is 1. The van der Waals surface area contributed by atoms with Crippen LogP contribution in [0.2, 0.25) is 0 Å². The fourth-order valence-electron chi connectivity index (χ4n) is 4.46. The lowest BCUT2D eigenvalue weighted by Crippen LogP contribution is -2.34. The van der Waals surface area contributed by atoms with Gasteiger partial charge in [0, 0.05) is 43.0 Å². The van der Waals surface area contributed by atoms with E-state index in [2.05, 4.69) is 45.0 Å². The van der Waals surface area contributed by atoms with E-state index in [0.29, 0.717) is 0 Å². The average molecular weight is 442 g/mol. The van der Waals surface area contributed by atoms with Gasteiger partial charge in [0.2, 0.25) is 0 Å². The van der Waals surface area contributed by atoms with Gasteiger partial charge in [-0.1, -0.05) is 13.0 Å². The molecule has 1 aliphatic heterocycles. The van der Waals surface area contributed by atoms with Crippen molar-refractivity contribution >= 4 is 22.8 Å². The Bertz CT molecular complexity index is 1260. The number of aromatic nitrogens is 4. The van der Waals surface area contributed by atoms with E-state index in [1.807, 2.05) is 36.7 Å². The highest BCUT2D eigenvalue weighted by Crippen LogP contribution is 2.27. The summed E-state index contributed by atoms with van der Waals surface area (Å²) >= 11 is 0. The van der Waals surface area contributed by atoms with Crippen molar-refractivity contribution < 1.29 is 9.90 Å². The molecule has 1 aliphatic rings. The molecule has 5 rings (SSSR count). The normalized spacial score (nSPS) is 14.6. The molecule has 33 heavy (non-hydrogen) atoms. The number of benzene rings is 1. The zero-order valence-electron chi connectivity index (χ0n) is 18.7. The second kappa shape index (κ2) is 9.02. The molecule has 7 heteroatoms. The van der Waals surface area contributed by atoms with Crippen molar-refractivity contribution in [3.05, 3.63) is 60.4 Å². The molecule has 0 unspecified atom stereocenters. The summed E-state index contributed by atoms with van der Waals surface area (Å²) in [7, 11) is 0. The molecule has 0 amide bonds. The topological polar surface area (TPSA) is 95.0 Å². The number of hydrogen-bond donors (Lipinski definition) is 2. The van der Waals surface area contributed by atoms with E-state index >= 15 is 0 Å². The second-order valence-corrected chi connectivity index (χ2v) is 8.66. The number of nitrogens with one attached hydrogen (secondary N) is 1. The molecule has 4 aromatic rings. The van der Waals surface area contributed by atoms with Crippen LogP contribution in [0.3, 0.4) is 0 Å². The van der Waals surface area contributed by atoms with E-state index in [1.54, 1.807) is 0 Å². The van der Waals surface area contributed by atoms with Gasteiger partial charge < -0.3 is 15.0 Å². The van der Waals surface area contributed by atoms with Crippen LogP contribution in [-0.4, -0.2) is 44.1 Å². The van der Waals surface area contributed by atoms with Gasteiger partial charge in [-0.3, -0.25) is 9.78 Å². The van der Waals surface area contributed by atoms with Crippen molar-refractivity contribution in [2.45, 2.75) is 32.6 Å². The number of imidazole rings is 1. The maximum Gasteiger partial charge on any atom is 0.303 e. The number of fused-ring (bicyclic) bond motifs is 1. The molecule has 4 heterocycles. The van der Waals surface area contributed by atoms with Crippen LogP contribution in [0, 0.1) is 5.92 Å². The molecule has 0 atom stereocenters. The van der Waals surface area contributed by atoms with Crippen LogP contribution in [0.25, 0.3) is 33.7 Å². The summed E-state index contributed by atoms with van der Waals surface area (Å²) in [6.07, 6.45) is 6.73. The van der Waals surface area contributed by atoms with E-state index in [4.69, 9.17) is 10.1 Å². The summed E-state index contributed by atoms with van der Waals surface area (Å²) < 4.78 is 0. The van der Waals surface area contributed by atoms with E-state index in [1.165, 1.54) is 5.56 Å². The molecule has 7 nitrogen and oxygen atoms in total. The number of aliphatic carboxylic acids is 1. The van der Waals surface area contributed by atoms with Crippen LogP contribution < -0.4 is 4.90 Å². The molecule has 1 saturated heterocycles. The van der Waals surface area contributed by atoms with Gasteiger partial charge >= 0.3 is 5.97 Å². The van der Waals surface area contributed by atoms with Gasteiger partial charge in [0.05, 0.1) is 16.7 Å². The maximum atomic E-state index is 10.9. The fourth-order valence-corrected chi connectivity index (χ4v) is 4.46. The van der Waals surface area contributed by atoms with Crippen molar-refractivity contribution in [1.82, 2.24) is 19.9 Å². The van der Waals surface area contributed by atoms with Gasteiger partial charge in [-0.15, -0.1) is 0 Å². The Kier molecular flexibility index (Phi) is 5.77. The van der Waals surface area contributed by atoms with Crippen LogP contribution >= 0.6 is 0 Å². The monoisotopic (exact) mass is 441 g/mol. The zero-order valence-corrected chi connectivity index (χ0v) is 18.7. The van der Waals surface area contributed by atoms with Crippen LogP contribution in [-0.2, 0) is 11.2 Å². The molecule has 168 valence electrons. The molecule has 0 spiro atoms. The average Bonchev–Trinajstić information content (AvgIpc) is 3.28. The minimum Gasteiger partial charge on any atom is -0.481 e. The largest absolute Gasteiger partial charge is 0.481 e. The lowest BCUT2D eigenvalue weighted by Gasteiger charge is -2.32. The summed E-state index contributed by atoms with van der Waals surface area (Å²) in [4.78, 5) is 30.5. The first-order valence-corrected chi connectivity index (χ1v) is 11.5. The summed E-state index contributed by atoms with van der Waals surface area (Å²) in [5.41, 5.74) is 6.05. The van der Waals surface area contributed by atoms with Crippen LogP contribution in [0.4, 0.5) is 5.82 Å². The minimum atomic E-state index is -0.708. The van der Waals surface area contributed by atoms with Crippen molar-refractivity contribution in [1.29, 1.82) is 0 Å². The number of piperidine rings is 1. The fraction of sp³-hybridized carbons (Fsp3) is 0.308. The summed E-state index contributed by atoms with van der Waals surface area (Å²) in [6, 6.07) is 14.4. The molecule has 0 saturated carbocycles. The van der Waals surface area contributed by atoms with Gasteiger partial charge in [0.25, 0.3) is 0 Å². The first-order valence-electron chi connectivity index (χ1n) is 11.5. The standard InChI is InChI=1S/C26H27N5O2/c1-2-17-3-6-22-23(13-17)30-26(29-22)20-4-7-21(27-16-20)19-5-8-24(28-15-19)31-11-9-18(10-12-31)14-25(32)33/h3-8,13,15-16,18H,2,9-12,14H2,1H3,(H,29,30)(H,32,33). The number of carboxylic acids is 1. The number of carbonyl (C=O) groups is 1. The van der Waals surface area contributed by atoms with Gasteiger partial charge in [-0.25, -0.2) is 9.97 Å². The number of carboxylic acid groups (broad SMARTS) is 1. The number of nitrogens with zero attached hydrogens (tertiary/aromatic N) is 4. The van der Waals surface area contributed by atoms with E-state index in [9.17, 15) is 4.79 Å². The third-order valence-corrected chi connectivity index (χ3v) is 6.44. The van der Waals surface area contributed by atoms with Crippen molar-refractivity contribution in [3.63, 3.8) is 0 Å². The van der Waals surface area contributed by atoms with E-state index < -0.39 is 5.97 Å². The Hall–Kier alpha value is -3.74. The predicted molar refractivity (Wildman–Crippen MR) is 129 cm³/mol. The molecule has 3 aromatic heterocycles. The number of rotatable bonds is 6. The highest BCUT2D eigenvalue weighted by atomic mass is 16.4. The number of H-pyrrole nitrogens is 1. The second-order valence-electron chi connectivity index (χ2n) is 8.66. The molecule has 1 aromatic carbocycles. The summed E-state index contributed by atoms with van der Waals surface area (Å²) in [5, 5.41) is 8.98. The number of aromatic amines is 1. The highest BCUT2D eigenvalue weighted by Gasteiger charge is 2.22. The van der Waals surface area contributed by atoms with Gasteiger partial charge in [-0.05, 0) is 67.1 Å². The van der Waals surface area contributed by atoms with Gasteiger partial charge in [0.1, 0.15) is 11.6 Å². The van der Waals surface area contributed by atoms with E-state index in [0.717, 1.165) is 71.8 Å². The third kappa shape index (κ3) is 4.58. The quantitative estimate of drug-likeness (QED) is 0.440. The van der Waals surface area contributed by atoms with Crippen LogP contribution in [0.15, 0.2) is 54.9 Å². The SMILES string of the molecule is CCc1ccc2nc(-c3ccc(-c4ccc(N5CCC(CC(=O)O)CC5)nc4)nc3)[nH]c2c1. The Morgan fingerprint density at radius 1 is 1.06 bits per heavy atom. The summed E-state index contributed by atoms with van der Waals surface area (Å²) in [5.74, 6) is 1.30. The predicted octanol–water partition coefficient (Wildman–Crippen LogP) is 4.94. The van der Waals surface area contributed by atoms with Crippen LogP contribution in [0.1, 0.15) is 31.7 Å². The third-order valence-electron chi connectivity index (χ3n) is 6.44. The first-order chi connectivity index (χ1) is 16.1. The Morgan fingerprint density at radius 2 is 1.85 bits per heavy atom. The lowest BCUT2D eigenvalue weighted by molar-refractivity contribution is -0.138. The Balaban J connectivity index is 1.27. The van der Waals surface area contributed by atoms with Crippen molar-refractivity contribution in [2.75, 3.05) is 18.0 Å². The smallest absolute Gasteiger partial charge is 0.303 e. The molecule has 1 fully saturated rings. The van der Waals surface area contributed by atoms with Gasteiger partial charge in [-0.2, -0.15) is 0 Å². The Morgan fingerprint density at radius 3 is 2.52 bits per heavy atom. The highest BCUT2D eigenvalue weighted by molar-refractivity contribution is 5.80. The van der Waals surface area contributed by atoms with Crippen molar-refractivity contribution in [3.8, 4) is 22.6 Å². The van der Waals surface area contributed by atoms with Crippen molar-refractivity contribution in [2.24, 2.45) is 5.92 Å². The first kappa shape index (κ1) is 21.1. The lowest BCUT2D eigenvalue weighted by atomic mass is 9.93. The Labute approximate surface area is 192 Å². The van der Waals surface area contributed by atoms with Gasteiger partial charge in [0.15, 0.2) is 0 Å². The van der Waals surface area contributed by atoms with E-state index in [-0.39, 0.29) is 12.3 Å². The molecule has 0 radical (unpaired) electrons.